The molecule has 0 amide bonds. The molecular formula is C17H34N2. The molecule has 2 nitrogen and oxygen atoms in total. The molecular weight excluding hydrogens is 232 g/mol. The Bertz CT molecular complexity index is 285. The first-order valence-corrected chi connectivity index (χ1v) is 8.45. The highest BCUT2D eigenvalue weighted by Gasteiger charge is 2.43. The SMILES string of the molecule is CCCC1CN(C2CCCC2(C)C)C(C(C)C)CN1. The Morgan fingerprint density at radius 3 is 2.58 bits per heavy atom. The van der Waals surface area contributed by atoms with Gasteiger partial charge >= 0.3 is 0 Å². The minimum Gasteiger partial charge on any atom is -0.311 e. The van der Waals surface area contributed by atoms with Crippen molar-refractivity contribution < 1.29 is 0 Å². The van der Waals surface area contributed by atoms with Crippen LogP contribution in [0.2, 0.25) is 0 Å². The van der Waals surface area contributed by atoms with Gasteiger partial charge in [-0.25, -0.2) is 0 Å². The third-order valence-corrected chi connectivity index (χ3v) is 5.48. The zero-order valence-corrected chi connectivity index (χ0v) is 13.7. The summed E-state index contributed by atoms with van der Waals surface area (Å²) in [4.78, 5) is 2.88. The van der Waals surface area contributed by atoms with E-state index in [1.807, 2.05) is 0 Å². The molecule has 2 aliphatic rings. The van der Waals surface area contributed by atoms with Crippen LogP contribution in [0.5, 0.6) is 0 Å². The molecule has 1 aliphatic carbocycles. The maximum absolute atomic E-state index is 3.79. The standard InChI is InChI=1S/C17H34N2/c1-6-8-14-12-19(15(11-18-14)13(2)3)16-9-7-10-17(16,4)5/h13-16,18H,6-12H2,1-5H3. The van der Waals surface area contributed by atoms with Crippen molar-refractivity contribution in [2.45, 2.75) is 84.8 Å². The van der Waals surface area contributed by atoms with Crippen LogP contribution in [0.25, 0.3) is 0 Å². The van der Waals surface area contributed by atoms with E-state index in [-0.39, 0.29) is 0 Å². The van der Waals surface area contributed by atoms with Crippen LogP contribution in [0.15, 0.2) is 0 Å². The van der Waals surface area contributed by atoms with Crippen LogP contribution in [0.4, 0.5) is 0 Å². The Kier molecular flexibility index (Phi) is 4.94. The summed E-state index contributed by atoms with van der Waals surface area (Å²) in [5.74, 6) is 0.756. The molecule has 1 saturated carbocycles. The maximum atomic E-state index is 3.79. The smallest absolute Gasteiger partial charge is 0.0247 e. The number of hydrogen-bond donors (Lipinski definition) is 1. The van der Waals surface area contributed by atoms with Gasteiger partial charge in [-0.3, -0.25) is 4.90 Å². The van der Waals surface area contributed by atoms with Crippen LogP contribution in [-0.2, 0) is 0 Å². The number of nitrogens with one attached hydrogen (secondary N) is 1. The van der Waals surface area contributed by atoms with Crippen molar-refractivity contribution in [3.63, 3.8) is 0 Å². The van der Waals surface area contributed by atoms with Crippen LogP contribution in [0, 0.1) is 11.3 Å². The summed E-state index contributed by atoms with van der Waals surface area (Å²) < 4.78 is 0. The van der Waals surface area contributed by atoms with Crippen LogP contribution in [0.1, 0.15) is 66.7 Å². The van der Waals surface area contributed by atoms with E-state index in [1.165, 1.54) is 45.2 Å². The van der Waals surface area contributed by atoms with Crippen LogP contribution in [0.3, 0.4) is 0 Å². The summed E-state index contributed by atoms with van der Waals surface area (Å²) >= 11 is 0. The van der Waals surface area contributed by atoms with Crippen molar-refractivity contribution in [1.82, 2.24) is 10.2 Å². The Hall–Kier alpha value is -0.0800. The van der Waals surface area contributed by atoms with Crippen molar-refractivity contribution in [1.29, 1.82) is 0 Å². The minimum absolute atomic E-state index is 0.515. The van der Waals surface area contributed by atoms with E-state index in [9.17, 15) is 0 Å². The van der Waals surface area contributed by atoms with Gasteiger partial charge in [-0.05, 0) is 30.6 Å². The highest BCUT2D eigenvalue weighted by Crippen LogP contribution is 2.42. The molecule has 19 heavy (non-hydrogen) atoms. The first-order chi connectivity index (χ1) is 8.95. The molecule has 1 N–H and O–H groups in total. The Morgan fingerprint density at radius 1 is 1.32 bits per heavy atom. The normalized spacial score (nSPS) is 36.0. The van der Waals surface area contributed by atoms with Gasteiger partial charge < -0.3 is 5.32 Å². The molecule has 3 unspecified atom stereocenters. The fraction of sp³-hybridized carbons (Fsp3) is 1.00. The molecule has 2 heteroatoms. The van der Waals surface area contributed by atoms with E-state index in [2.05, 4.69) is 44.8 Å². The predicted octanol–water partition coefficient (Wildman–Crippen LogP) is 3.66. The molecule has 3 atom stereocenters. The van der Waals surface area contributed by atoms with Crippen LogP contribution in [-0.4, -0.2) is 36.1 Å². The van der Waals surface area contributed by atoms with Crippen molar-refractivity contribution in [3.8, 4) is 0 Å². The maximum Gasteiger partial charge on any atom is 0.0247 e. The molecule has 0 radical (unpaired) electrons. The Morgan fingerprint density at radius 2 is 2.05 bits per heavy atom. The summed E-state index contributed by atoms with van der Waals surface area (Å²) in [5.41, 5.74) is 0.515. The largest absolute Gasteiger partial charge is 0.311 e. The number of rotatable bonds is 4. The zero-order valence-electron chi connectivity index (χ0n) is 13.7. The Labute approximate surface area is 120 Å². The van der Waals surface area contributed by atoms with Crippen molar-refractivity contribution in [3.05, 3.63) is 0 Å². The summed E-state index contributed by atoms with van der Waals surface area (Å²) in [6.07, 6.45) is 6.87. The molecule has 0 aromatic heterocycles. The van der Waals surface area contributed by atoms with E-state index in [0.29, 0.717) is 5.41 Å². The van der Waals surface area contributed by atoms with Gasteiger partial charge in [0.2, 0.25) is 0 Å². The molecule has 1 saturated heterocycles. The molecule has 1 heterocycles. The van der Waals surface area contributed by atoms with Crippen molar-refractivity contribution in [2.24, 2.45) is 11.3 Å². The third kappa shape index (κ3) is 3.33. The number of hydrogen-bond acceptors (Lipinski definition) is 2. The highest BCUT2D eigenvalue weighted by molar-refractivity contribution is 4.98. The average molecular weight is 266 g/mol. The predicted molar refractivity (Wildman–Crippen MR) is 83.5 cm³/mol. The van der Waals surface area contributed by atoms with Gasteiger partial charge in [-0.1, -0.05) is 47.5 Å². The molecule has 2 fully saturated rings. The fourth-order valence-corrected chi connectivity index (χ4v) is 4.30. The lowest BCUT2D eigenvalue weighted by molar-refractivity contribution is 0.0148. The van der Waals surface area contributed by atoms with Crippen LogP contribution < -0.4 is 5.32 Å². The number of piperazine rings is 1. The lowest BCUT2D eigenvalue weighted by Gasteiger charge is -2.49. The molecule has 0 aromatic carbocycles. The van der Waals surface area contributed by atoms with Gasteiger partial charge in [0.15, 0.2) is 0 Å². The summed E-state index contributed by atoms with van der Waals surface area (Å²) in [5, 5.41) is 3.79. The van der Waals surface area contributed by atoms with E-state index >= 15 is 0 Å². The monoisotopic (exact) mass is 266 g/mol. The van der Waals surface area contributed by atoms with Gasteiger partial charge in [-0.15, -0.1) is 0 Å². The van der Waals surface area contributed by atoms with Gasteiger partial charge in [0.05, 0.1) is 0 Å². The fourth-order valence-electron chi connectivity index (χ4n) is 4.30. The summed E-state index contributed by atoms with van der Waals surface area (Å²) in [7, 11) is 0. The van der Waals surface area contributed by atoms with Gasteiger partial charge in [0, 0.05) is 31.2 Å². The second kappa shape index (κ2) is 6.13. The second-order valence-corrected chi connectivity index (χ2v) is 7.80. The van der Waals surface area contributed by atoms with Gasteiger partial charge in [-0.2, -0.15) is 0 Å². The van der Waals surface area contributed by atoms with E-state index in [1.54, 1.807) is 0 Å². The van der Waals surface area contributed by atoms with Gasteiger partial charge in [0.25, 0.3) is 0 Å². The quantitative estimate of drug-likeness (QED) is 0.835. The molecule has 0 spiro atoms. The first kappa shape index (κ1) is 15.3. The zero-order chi connectivity index (χ0) is 14.0. The van der Waals surface area contributed by atoms with Gasteiger partial charge in [0.1, 0.15) is 0 Å². The van der Waals surface area contributed by atoms with Crippen molar-refractivity contribution in [2.75, 3.05) is 13.1 Å². The lowest BCUT2D eigenvalue weighted by atomic mass is 9.83. The second-order valence-electron chi connectivity index (χ2n) is 7.80. The third-order valence-electron chi connectivity index (χ3n) is 5.48. The minimum atomic E-state index is 0.515. The van der Waals surface area contributed by atoms with E-state index < -0.39 is 0 Å². The molecule has 1 aliphatic heterocycles. The summed E-state index contributed by atoms with van der Waals surface area (Å²) in [6.45, 7) is 14.5. The van der Waals surface area contributed by atoms with Crippen LogP contribution >= 0.6 is 0 Å². The van der Waals surface area contributed by atoms with Crippen molar-refractivity contribution >= 4 is 0 Å². The van der Waals surface area contributed by atoms with E-state index in [0.717, 1.165) is 24.0 Å². The lowest BCUT2D eigenvalue weighted by Crippen LogP contribution is -2.62. The Balaban J connectivity index is 2.11. The molecule has 2 rings (SSSR count). The van der Waals surface area contributed by atoms with E-state index in [4.69, 9.17) is 0 Å². The molecule has 112 valence electrons. The molecule has 0 aromatic rings. The molecule has 0 bridgehead atoms. The highest BCUT2D eigenvalue weighted by atomic mass is 15.3. The topological polar surface area (TPSA) is 15.3 Å². The summed E-state index contributed by atoms with van der Waals surface area (Å²) in [6, 6.07) is 2.26. The number of nitrogens with zero attached hydrogens (tertiary/aromatic N) is 1. The first-order valence-electron chi connectivity index (χ1n) is 8.45. The average Bonchev–Trinajstić information content (AvgIpc) is 2.69.